The fraction of sp³-hybridized carbons (Fsp3) is 0.920. The third kappa shape index (κ3) is 7.34. The molecule has 0 spiro atoms. The molecule has 2 saturated carbocycles. The van der Waals surface area contributed by atoms with Gasteiger partial charge in [0.05, 0.1) is 43.9 Å². The van der Waals surface area contributed by atoms with Crippen molar-refractivity contribution in [3.8, 4) is 0 Å². The summed E-state index contributed by atoms with van der Waals surface area (Å²) < 4.78 is 24.1. The van der Waals surface area contributed by atoms with Crippen LogP contribution in [0.1, 0.15) is 39.0 Å². The average Bonchev–Trinajstić information content (AvgIpc) is 3.68. The van der Waals surface area contributed by atoms with E-state index in [9.17, 15) is 20.4 Å². The second-order valence-corrected chi connectivity index (χ2v) is 11.9. The molecule has 2 heterocycles. The molecule has 5 unspecified atom stereocenters. The highest BCUT2D eigenvalue weighted by atomic mass is 16.7. The van der Waals surface area contributed by atoms with Crippen LogP contribution in [0.3, 0.4) is 0 Å². The SMILES string of the molecule is CN[C@@H]1C(O)[C@@H](OC2C(O)[C@@H](O[C@H]3O[C@H](CN=C(N)CN)CCC3N)[C@@H](N)C[C@H]2NC(=N)C2(O)CC2)OCC1(C)O. The standard InChI is InChI=1S/C25H48N8O8/c1-24(36)10-38-22(17(35)20(24)31-2)41-19-14(33-23(30)25(37)5-6-25)7-13(28)18(16(19)34)40-21-12(27)4-3-11(39-21)9-32-15(29)8-26/h11-14,16-22,31,34-37H,3-10,26-28H2,1-2H3,(H2,29,32)(H2,30,33)/t11-,12?,13-,14+,16?,17?,18-,19?,20+,21+,22+,24?/m0/s1. The lowest BCUT2D eigenvalue weighted by atomic mass is 9.83. The fourth-order valence-electron chi connectivity index (χ4n) is 5.73. The first-order chi connectivity index (χ1) is 19.3. The van der Waals surface area contributed by atoms with Crippen molar-refractivity contribution in [3.05, 3.63) is 0 Å². The van der Waals surface area contributed by atoms with Crippen LogP contribution < -0.4 is 33.6 Å². The zero-order valence-electron chi connectivity index (χ0n) is 23.7. The fourth-order valence-corrected chi connectivity index (χ4v) is 5.73. The first-order valence-corrected chi connectivity index (χ1v) is 14.2. The Balaban J connectivity index is 1.50. The molecule has 0 aromatic rings. The van der Waals surface area contributed by atoms with Gasteiger partial charge in [0.1, 0.15) is 47.3 Å². The molecular weight excluding hydrogens is 540 g/mol. The zero-order chi connectivity index (χ0) is 30.1. The Morgan fingerprint density at radius 1 is 1.07 bits per heavy atom. The molecule has 4 fully saturated rings. The van der Waals surface area contributed by atoms with Gasteiger partial charge in [-0.3, -0.25) is 10.4 Å². The number of nitrogens with two attached hydrogens (primary N) is 4. The molecule has 0 amide bonds. The van der Waals surface area contributed by atoms with Crippen molar-refractivity contribution in [2.75, 3.05) is 26.7 Å². The first-order valence-electron chi connectivity index (χ1n) is 14.2. The van der Waals surface area contributed by atoms with E-state index in [4.69, 9.17) is 47.3 Å². The number of ether oxygens (including phenoxy) is 4. The minimum absolute atomic E-state index is 0.103. The summed E-state index contributed by atoms with van der Waals surface area (Å²) in [7, 11) is 1.60. The second-order valence-electron chi connectivity index (χ2n) is 11.9. The number of rotatable bonds is 10. The quantitative estimate of drug-likeness (QED) is 0.0848. The molecule has 4 rings (SSSR count). The zero-order valence-corrected chi connectivity index (χ0v) is 23.7. The molecule has 12 atom stereocenters. The Labute approximate surface area is 239 Å². The number of hydrogen-bond acceptors (Lipinski definition) is 14. The Morgan fingerprint density at radius 3 is 2.39 bits per heavy atom. The van der Waals surface area contributed by atoms with Gasteiger partial charge in [0.25, 0.3) is 0 Å². The van der Waals surface area contributed by atoms with Gasteiger partial charge in [-0.25, -0.2) is 0 Å². The van der Waals surface area contributed by atoms with Crippen LogP contribution in [-0.4, -0.2) is 137 Å². The minimum atomic E-state index is -1.37. The molecular formula is C25H48N8O8. The van der Waals surface area contributed by atoms with E-state index < -0.39 is 72.4 Å². The lowest BCUT2D eigenvalue weighted by Gasteiger charge is -2.49. The number of likely N-dealkylation sites (N-methyl/N-ethyl adjacent to an activating group) is 1. The molecule has 0 bridgehead atoms. The smallest absolute Gasteiger partial charge is 0.185 e. The topological polar surface area (TPSA) is 282 Å². The molecule has 2 aliphatic heterocycles. The lowest BCUT2D eigenvalue weighted by Crippen LogP contribution is -2.69. The van der Waals surface area contributed by atoms with E-state index in [1.807, 2.05) is 0 Å². The maximum Gasteiger partial charge on any atom is 0.185 e. The predicted molar refractivity (Wildman–Crippen MR) is 148 cm³/mol. The highest BCUT2D eigenvalue weighted by Gasteiger charge is 2.53. The molecule has 2 aliphatic carbocycles. The molecule has 16 nitrogen and oxygen atoms in total. The van der Waals surface area contributed by atoms with Crippen molar-refractivity contribution in [2.24, 2.45) is 27.9 Å². The number of aliphatic hydroxyl groups is 4. The molecule has 236 valence electrons. The Bertz CT molecular complexity index is 939. The summed E-state index contributed by atoms with van der Waals surface area (Å²) in [5.74, 6) is 0.202. The lowest BCUT2D eigenvalue weighted by molar-refractivity contribution is -0.307. The number of amidine groups is 2. The summed E-state index contributed by atoms with van der Waals surface area (Å²) in [6.07, 6.45) is -4.90. The summed E-state index contributed by atoms with van der Waals surface area (Å²) in [6.45, 7) is 1.81. The van der Waals surface area contributed by atoms with Crippen LogP contribution in [0.15, 0.2) is 4.99 Å². The van der Waals surface area contributed by atoms with E-state index >= 15 is 0 Å². The van der Waals surface area contributed by atoms with Gasteiger partial charge in [0.2, 0.25) is 0 Å². The van der Waals surface area contributed by atoms with E-state index in [-0.39, 0.29) is 38.1 Å². The van der Waals surface area contributed by atoms with E-state index in [1.165, 1.54) is 6.92 Å². The van der Waals surface area contributed by atoms with Crippen LogP contribution in [0.5, 0.6) is 0 Å². The summed E-state index contributed by atoms with van der Waals surface area (Å²) in [5, 5.41) is 57.8. The maximum absolute atomic E-state index is 11.6. The molecule has 2 saturated heterocycles. The van der Waals surface area contributed by atoms with E-state index in [2.05, 4.69) is 15.6 Å². The molecule has 16 heteroatoms. The maximum atomic E-state index is 11.6. The van der Waals surface area contributed by atoms with Gasteiger partial charge in [0, 0.05) is 6.04 Å². The summed E-state index contributed by atoms with van der Waals surface area (Å²) in [6, 6.07) is -2.73. The van der Waals surface area contributed by atoms with Crippen molar-refractivity contribution >= 4 is 11.7 Å². The third-order valence-electron chi connectivity index (χ3n) is 8.47. The van der Waals surface area contributed by atoms with Crippen LogP contribution in [0, 0.1) is 5.41 Å². The molecule has 0 aromatic carbocycles. The van der Waals surface area contributed by atoms with Gasteiger partial charge in [-0.2, -0.15) is 0 Å². The second kappa shape index (κ2) is 13.0. The highest BCUT2D eigenvalue weighted by Crippen LogP contribution is 2.37. The van der Waals surface area contributed by atoms with E-state index in [0.29, 0.717) is 31.5 Å². The normalized spacial score (nSPS) is 44.8. The molecule has 41 heavy (non-hydrogen) atoms. The summed E-state index contributed by atoms with van der Waals surface area (Å²) >= 11 is 0. The van der Waals surface area contributed by atoms with Crippen molar-refractivity contribution in [3.63, 3.8) is 0 Å². The number of aliphatic hydroxyl groups excluding tert-OH is 2. The predicted octanol–water partition coefficient (Wildman–Crippen LogP) is -4.49. The van der Waals surface area contributed by atoms with E-state index in [0.717, 1.165) is 0 Å². The van der Waals surface area contributed by atoms with Gasteiger partial charge < -0.3 is 72.9 Å². The van der Waals surface area contributed by atoms with Gasteiger partial charge in [0.15, 0.2) is 12.6 Å². The van der Waals surface area contributed by atoms with Crippen LogP contribution in [0.2, 0.25) is 0 Å². The number of aliphatic imine (C=N–C) groups is 1. The van der Waals surface area contributed by atoms with Gasteiger partial charge in [-0.15, -0.1) is 0 Å². The highest BCUT2D eigenvalue weighted by molar-refractivity contribution is 5.90. The summed E-state index contributed by atoms with van der Waals surface area (Å²) in [4.78, 5) is 4.22. The Morgan fingerprint density at radius 2 is 1.76 bits per heavy atom. The molecule has 0 aromatic heterocycles. The largest absolute Gasteiger partial charge is 0.388 e. The molecule has 0 radical (unpaired) electrons. The van der Waals surface area contributed by atoms with Crippen molar-refractivity contribution in [1.29, 1.82) is 5.41 Å². The number of hydrogen-bond donors (Lipinski definition) is 11. The van der Waals surface area contributed by atoms with E-state index in [1.54, 1.807) is 7.05 Å². The van der Waals surface area contributed by atoms with Crippen LogP contribution in [-0.2, 0) is 18.9 Å². The number of nitrogens with zero attached hydrogens (tertiary/aromatic N) is 1. The van der Waals surface area contributed by atoms with Crippen molar-refractivity contribution < 1.29 is 39.4 Å². The Kier molecular flexibility index (Phi) is 10.3. The Hall–Kier alpha value is -1.54. The summed E-state index contributed by atoms with van der Waals surface area (Å²) in [5.41, 5.74) is 21.4. The van der Waals surface area contributed by atoms with Gasteiger partial charge in [-0.1, -0.05) is 0 Å². The van der Waals surface area contributed by atoms with Crippen LogP contribution in [0.4, 0.5) is 0 Å². The number of nitrogens with one attached hydrogen (secondary N) is 3. The monoisotopic (exact) mass is 588 g/mol. The van der Waals surface area contributed by atoms with Gasteiger partial charge in [-0.05, 0) is 46.1 Å². The van der Waals surface area contributed by atoms with Crippen molar-refractivity contribution in [1.82, 2.24) is 10.6 Å². The van der Waals surface area contributed by atoms with Crippen LogP contribution in [0.25, 0.3) is 0 Å². The van der Waals surface area contributed by atoms with Crippen molar-refractivity contribution in [2.45, 2.75) is 117 Å². The van der Waals surface area contributed by atoms with Gasteiger partial charge >= 0.3 is 0 Å². The minimum Gasteiger partial charge on any atom is -0.388 e. The van der Waals surface area contributed by atoms with Crippen LogP contribution >= 0.6 is 0 Å². The first kappa shape index (κ1) is 32.4. The molecule has 15 N–H and O–H groups in total. The third-order valence-corrected chi connectivity index (χ3v) is 8.47. The average molecular weight is 589 g/mol. The molecule has 4 aliphatic rings.